The molecule has 2 saturated heterocycles. The Kier molecular flexibility index (Phi) is 1.66. The quantitative estimate of drug-likeness (QED) is 0.575. The summed E-state index contributed by atoms with van der Waals surface area (Å²) >= 11 is 0. The molecule has 0 aromatic carbocycles. The lowest BCUT2D eigenvalue weighted by Gasteiger charge is -2.34. The van der Waals surface area contributed by atoms with E-state index in [0.717, 1.165) is 12.0 Å². The highest BCUT2D eigenvalue weighted by Gasteiger charge is 2.47. The highest BCUT2D eigenvalue weighted by Crippen LogP contribution is 2.43. The van der Waals surface area contributed by atoms with Gasteiger partial charge in [0, 0.05) is 11.8 Å². The van der Waals surface area contributed by atoms with Gasteiger partial charge in [-0.2, -0.15) is 0 Å². The molecule has 0 spiro atoms. The molecule has 2 heterocycles. The third-order valence-corrected chi connectivity index (χ3v) is 3.24. The number of rotatable bonds is 0. The first-order chi connectivity index (χ1) is 6.75. The van der Waals surface area contributed by atoms with Crippen molar-refractivity contribution in [1.29, 1.82) is 0 Å². The molecule has 3 rings (SSSR count). The number of allylic oxidation sites excluding steroid dienone is 2. The summed E-state index contributed by atoms with van der Waals surface area (Å²) in [6.07, 6.45) is 2.65. The molecule has 3 atom stereocenters. The monoisotopic (exact) mass is 192 g/mol. The van der Waals surface area contributed by atoms with Gasteiger partial charge in [0.1, 0.15) is 6.61 Å². The first-order valence-corrected chi connectivity index (χ1v) is 4.90. The van der Waals surface area contributed by atoms with E-state index < -0.39 is 0 Å². The van der Waals surface area contributed by atoms with E-state index in [1.807, 2.05) is 0 Å². The van der Waals surface area contributed by atoms with Gasteiger partial charge in [-0.1, -0.05) is 18.2 Å². The summed E-state index contributed by atoms with van der Waals surface area (Å²) in [7, 11) is 0. The van der Waals surface area contributed by atoms with Crippen LogP contribution in [-0.2, 0) is 14.3 Å². The van der Waals surface area contributed by atoms with Gasteiger partial charge >= 0.3 is 0 Å². The van der Waals surface area contributed by atoms with Crippen molar-refractivity contribution in [3.63, 3.8) is 0 Å². The molecule has 2 aliphatic heterocycles. The molecule has 3 nitrogen and oxygen atoms in total. The molecule has 0 N–H and O–H groups in total. The Morgan fingerprint density at radius 2 is 2.14 bits per heavy atom. The summed E-state index contributed by atoms with van der Waals surface area (Å²) in [4.78, 5) is 11.6. The van der Waals surface area contributed by atoms with Gasteiger partial charge < -0.3 is 9.47 Å². The maximum absolute atomic E-state index is 11.6. The van der Waals surface area contributed by atoms with E-state index in [2.05, 4.69) is 12.7 Å². The van der Waals surface area contributed by atoms with E-state index in [4.69, 9.17) is 9.47 Å². The zero-order valence-electron chi connectivity index (χ0n) is 7.86. The van der Waals surface area contributed by atoms with E-state index >= 15 is 0 Å². The third kappa shape index (κ3) is 1.03. The van der Waals surface area contributed by atoms with E-state index in [0.29, 0.717) is 6.61 Å². The van der Waals surface area contributed by atoms with Crippen molar-refractivity contribution in [3.8, 4) is 0 Å². The van der Waals surface area contributed by atoms with Crippen LogP contribution in [-0.4, -0.2) is 25.3 Å². The van der Waals surface area contributed by atoms with Crippen molar-refractivity contribution < 1.29 is 14.3 Å². The minimum Gasteiger partial charge on any atom is -0.348 e. The van der Waals surface area contributed by atoms with E-state index in [1.54, 1.807) is 0 Å². The number of ketones is 1. The normalized spacial score (nSPS) is 40.9. The van der Waals surface area contributed by atoms with Crippen LogP contribution in [0.2, 0.25) is 0 Å². The highest BCUT2D eigenvalue weighted by atomic mass is 16.7. The van der Waals surface area contributed by atoms with Crippen molar-refractivity contribution in [3.05, 3.63) is 23.8 Å². The molecule has 1 aliphatic carbocycles. The van der Waals surface area contributed by atoms with Gasteiger partial charge in [0.15, 0.2) is 12.1 Å². The van der Waals surface area contributed by atoms with Crippen LogP contribution < -0.4 is 0 Å². The number of ether oxygens (including phenoxy) is 2. The summed E-state index contributed by atoms with van der Waals surface area (Å²) < 4.78 is 10.8. The molecule has 3 aliphatic rings. The van der Waals surface area contributed by atoms with Crippen molar-refractivity contribution in [2.45, 2.75) is 12.7 Å². The van der Waals surface area contributed by atoms with Crippen LogP contribution in [0.3, 0.4) is 0 Å². The summed E-state index contributed by atoms with van der Waals surface area (Å²) in [5.41, 5.74) is 2.23. The Bertz CT molecular complexity index is 342. The van der Waals surface area contributed by atoms with E-state index in [-0.39, 0.29) is 30.5 Å². The molecule has 0 amide bonds. The molecular formula is C11H12O3. The number of Topliss-reactive ketones (excluding diaryl/α,β-unsaturated/α-hetero) is 1. The molecule has 0 saturated carbocycles. The summed E-state index contributed by atoms with van der Waals surface area (Å²) in [5, 5.41) is 0. The molecule has 2 fully saturated rings. The number of hydrogen-bond donors (Lipinski definition) is 0. The molecule has 0 radical (unpaired) electrons. The van der Waals surface area contributed by atoms with Crippen LogP contribution >= 0.6 is 0 Å². The highest BCUT2D eigenvalue weighted by molar-refractivity contribution is 5.84. The first kappa shape index (κ1) is 8.38. The Morgan fingerprint density at radius 1 is 1.36 bits per heavy atom. The molecule has 0 aromatic rings. The average molecular weight is 192 g/mol. The van der Waals surface area contributed by atoms with Gasteiger partial charge in [-0.25, -0.2) is 0 Å². The second-order valence-electron chi connectivity index (χ2n) is 4.17. The van der Waals surface area contributed by atoms with Crippen LogP contribution in [0.15, 0.2) is 23.8 Å². The number of hydrogen-bond acceptors (Lipinski definition) is 3. The lowest BCUT2D eigenvalue weighted by molar-refractivity contribution is -0.176. The Labute approximate surface area is 82.4 Å². The van der Waals surface area contributed by atoms with Crippen LogP contribution in [0.4, 0.5) is 0 Å². The predicted molar refractivity (Wildman–Crippen MR) is 49.5 cm³/mol. The standard InChI is InChI=1S/C11H12O3/c1-6-2-7-4-13-11-10(7)8(3-6)9(12)5-14-11/h2,8,10-11H,1,3-5H2/t8-,10-,11+/m1/s1. The van der Waals surface area contributed by atoms with Gasteiger partial charge in [0.2, 0.25) is 0 Å². The maximum Gasteiger partial charge on any atom is 0.165 e. The maximum atomic E-state index is 11.6. The van der Waals surface area contributed by atoms with Crippen LogP contribution in [0, 0.1) is 11.8 Å². The van der Waals surface area contributed by atoms with Crippen molar-refractivity contribution in [1.82, 2.24) is 0 Å². The number of carbonyl (C=O) groups excluding carboxylic acids is 1. The summed E-state index contributed by atoms with van der Waals surface area (Å²) in [6, 6.07) is 0. The first-order valence-electron chi connectivity index (χ1n) is 4.90. The van der Waals surface area contributed by atoms with Gasteiger partial charge in [-0.15, -0.1) is 0 Å². The number of carbonyl (C=O) groups is 1. The average Bonchev–Trinajstić information content (AvgIpc) is 2.55. The lowest BCUT2D eigenvalue weighted by Crippen LogP contribution is -2.42. The van der Waals surface area contributed by atoms with Crippen LogP contribution in [0.1, 0.15) is 6.42 Å². The molecule has 14 heavy (non-hydrogen) atoms. The molecule has 74 valence electrons. The molecule has 0 unspecified atom stereocenters. The molecule has 3 heteroatoms. The van der Waals surface area contributed by atoms with Gasteiger partial charge in [0.25, 0.3) is 0 Å². The van der Waals surface area contributed by atoms with Crippen LogP contribution in [0.5, 0.6) is 0 Å². The Balaban J connectivity index is 2.03. The fraction of sp³-hybridized carbons (Fsp3) is 0.545. The second-order valence-corrected chi connectivity index (χ2v) is 4.17. The van der Waals surface area contributed by atoms with Gasteiger partial charge in [-0.3, -0.25) is 4.79 Å². The van der Waals surface area contributed by atoms with Crippen molar-refractivity contribution in [2.24, 2.45) is 11.8 Å². The zero-order chi connectivity index (χ0) is 9.71. The van der Waals surface area contributed by atoms with Gasteiger partial charge in [0.05, 0.1) is 6.61 Å². The van der Waals surface area contributed by atoms with Crippen molar-refractivity contribution >= 4 is 5.78 Å². The Morgan fingerprint density at radius 3 is 3.00 bits per heavy atom. The predicted octanol–water partition coefficient (Wildman–Crippen LogP) is 1.06. The van der Waals surface area contributed by atoms with Gasteiger partial charge in [-0.05, 0) is 12.0 Å². The topological polar surface area (TPSA) is 35.5 Å². The minimum absolute atomic E-state index is 0.0590. The van der Waals surface area contributed by atoms with E-state index in [1.165, 1.54) is 5.57 Å². The lowest BCUT2D eigenvalue weighted by atomic mass is 9.74. The summed E-state index contributed by atoms with van der Waals surface area (Å²) in [5.74, 6) is 0.425. The SMILES string of the molecule is C=C1C=C2CO[C@H]3OCC(=O)[C@@H](C1)[C@@H]23. The van der Waals surface area contributed by atoms with E-state index in [9.17, 15) is 4.79 Å². The fourth-order valence-electron chi connectivity index (χ4n) is 2.61. The van der Waals surface area contributed by atoms with Crippen molar-refractivity contribution in [2.75, 3.05) is 13.2 Å². The largest absolute Gasteiger partial charge is 0.348 e. The second kappa shape index (κ2) is 2.78. The third-order valence-electron chi connectivity index (χ3n) is 3.24. The Hall–Kier alpha value is -0.930. The molecular weight excluding hydrogens is 180 g/mol. The molecule has 0 aromatic heterocycles. The molecule has 0 bridgehead atoms. The fourth-order valence-corrected chi connectivity index (χ4v) is 2.61. The van der Waals surface area contributed by atoms with Crippen LogP contribution in [0.25, 0.3) is 0 Å². The zero-order valence-corrected chi connectivity index (χ0v) is 7.86. The smallest absolute Gasteiger partial charge is 0.165 e. The summed E-state index contributed by atoms with van der Waals surface area (Å²) in [6.45, 7) is 4.73. The minimum atomic E-state index is -0.183.